The molecule has 0 radical (unpaired) electrons. The summed E-state index contributed by atoms with van der Waals surface area (Å²) >= 11 is 0. The minimum atomic E-state index is -1.18. The van der Waals surface area contributed by atoms with E-state index in [0.717, 1.165) is 0 Å². The number of aliphatic hydroxyl groups is 1. The van der Waals surface area contributed by atoms with E-state index in [1.807, 2.05) is 0 Å². The van der Waals surface area contributed by atoms with Gasteiger partial charge in [0.1, 0.15) is 18.1 Å². The van der Waals surface area contributed by atoms with E-state index in [2.05, 4.69) is 0 Å². The largest absolute Gasteiger partial charge is 0.878 e. The van der Waals surface area contributed by atoms with Crippen molar-refractivity contribution >= 4 is 6.29 Å². The SMILES string of the molecule is COc1ccc(C(O)/C(C=O)=C/[O-])cc1. The van der Waals surface area contributed by atoms with Gasteiger partial charge in [-0.2, -0.15) is 0 Å². The molecule has 0 bridgehead atoms. The number of methoxy groups -OCH3 is 1. The normalized spacial score (nSPS) is 13.3. The quantitative estimate of drug-likeness (QED) is 0.434. The molecule has 0 fully saturated rings. The molecule has 0 heterocycles. The van der Waals surface area contributed by atoms with Crippen molar-refractivity contribution in [2.24, 2.45) is 0 Å². The summed E-state index contributed by atoms with van der Waals surface area (Å²) in [6, 6.07) is 6.48. The summed E-state index contributed by atoms with van der Waals surface area (Å²) in [4.78, 5) is 10.4. The van der Waals surface area contributed by atoms with Gasteiger partial charge in [-0.05, 0) is 17.7 Å². The molecular formula is C11H11O4-. The maximum Gasteiger partial charge on any atom is 0.147 e. The zero-order chi connectivity index (χ0) is 11.3. The molecule has 0 amide bonds. The van der Waals surface area contributed by atoms with Gasteiger partial charge in [0.15, 0.2) is 0 Å². The topological polar surface area (TPSA) is 69.6 Å². The molecule has 4 heteroatoms. The number of ether oxygens (including phenoxy) is 1. The van der Waals surface area contributed by atoms with Gasteiger partial charge in [0.25, 0.3) is 0 Å². The zero-order valence-corrected chi connectivity index (χ0v) is 8.21. The first-order valence-corrected chi connectivity index (χ1v) is 4.32. The van der Waals surface area contributed by atoms with Crippen LogP contribution in [-0.4, -0.2) is 18.5 Å². The van der Waals surface area contributed by atoms with Crippen molar-refractivity contribution in [2.45, 2.75) is 6.10 Å². The van der Waals surface area contributed by atoms with Gasteiger partial charge in [-0.3, -0.25) is 4.79 Å². The molecule has 0 aliphatic rings. The highest BCUT2D eigenvalue weighted by Gasteiger charge is 2.10. The number of carbonyl (C=O) groups is 1. The third-order valence-corrected chi connectivity index (χ3v) is 2.02. The fourth-order valence-electron chi connectivity index (χ4n) is 1.14. The van der Waals surface area contributed by atoms with E-state index in [0.29, 0.717) is 23.9 Å². The predicted molar refractivity (Wildman–Crippen MR) is 52.1 cm³/mol. The predicted octanol–water partition coefficient (Wildman–Crippen LogP) is 0.172. The lowest BCUT2D eigenvalue weighted by molar-refractivity contribution is -0.276. The zero-order valence-electron chi connectivity index (χ0n) is 8.21. The Labute approximate surface area is 87.4 Å². The molecular weight excluding hydrogens is 196 g/mol. The summed E-state index contributed by atoms with van der Waals surface area (Å²) < 4.78 is 4.93. The Morgan fingerprint density at radius 1 is 1.47 bits per heavy atom. The lowest BCUT2D eigenvalue weighted by atomic mass is 10.0. The first-order chi connectivity index (χ1) is 7.22. The van der Waals surface area contributed by atoms with Gasteiger partial charge in [0, 0.05) is 5.57 Å². The van der Waals surface area contributed by atoms with Crippen LogP contribution >= 0.6 is 0 Å². The fraction of sp³-hybridized carbons (Fsp3) is 0.182. The van der Waals surface area contributed by atoms with Crippen LogP contribution in [0.3, 0.4) is 0 Å². The molecule has 0 saturated carbocycles. The molecule has 0 aromatic heterocycles. The van der Waals surface area contributed by atoms with Crippen LogP contribution in [0.1, 0.15) is 11.7 Å². The highest BCUT2D eigenvalue weighted by Crippen LogP contribution is 2.21. The number of carbonyl (C=O) groups excluding carboxylic acids is 1. The molecule has 1 unspecified atom stereocenters. The molecule has 4 nitrogen and oxygen atoms in total. The second-order valence-corrected chi connectivity index (χ2v) is 2.91. The highest BCUT2D eigenvalue weighted by molar-refractivity contribution is 5.74. The Morgan fingerprint density at radius 3 is 2.47 bits per heavy atom. The van der Waals surface area contributed by atoms with Gasteiger partial charge in [-0.15, -0.1) is 6.26 Å². The van der Waals surface area contributed by atoms with Gasteiger partial charge in [0.2, 0.25) is 0 Å². The second kappa shape index (κ2) is 5.17. The van der Waals surface area contributed by atoms with Crippen molar-refractivity contribution in [3.8, 4) is 5.75 Å². The summed E-state index contributed by atoms with van der Waals surface area (Å²) in [5, 5.41) is 20.0. The van der Waals surface area contributed by atoms with Crippen LogP contribution in [0.15, 0.2) is 36.1 Å². The van der Waals surface area contributed by atoms with Crippen LogP contribution in [0.2, 0.25) is 0 Å². The molecule has 1 aromatic rings. The maximum atomic E-state index is 10.4. The molecule has 1 atom stereocenters. The molecule has 80 valence electrons. The Morgan fingerprint density at radius 2 is 2.07 bits per heavy atom. The summed E-state index contributed by atoms with van der Waals surface area (Å²) in [5.74, 6) is 0.643. The molecule has 0 saturated heterocycles. The van der Waals surface area contributed by atoms with E-state index in [1.165, 1.54) is 7.11 Å². The number of benzene rings is 1. The lowest BCUT2D eigenvalue weighted by Gasteiger charge is -2.12. The van der Waals surface area contributed by atoms with Crippen molar-refractivity contribution in [1.82, 2.24) is 0 Å². The van der Waals surface area contributed by atoms with Crippen molar-refractivity contribution in [3.63, 3.8) is 0 Å². The molecule has 1 rings (SSSR count). The standard InChI is InChI=1S/C11H12O4/c1-15-10-4-2-8(3-5-10)11(14)9(6-12)7-13/h2-7,11-12,14H,1H3/p-1/b9-6+. The van der Waals surface area contributed by atoms with Crippen LogP contribution in [0, 0.1) is 0 Å². The summed E-state index contributed by atoms with van der Waals surface area (Å²) in [6.45, 7) is 0. The Balaban J connectivity index is 2.91. The van der Waals surface area contributed by atoms with Crippen LogP contribution in [0.4, 0.5) is 0 Å². The van der Waals surface area contributed by atoms with E-state index in [9.17, 15) is 15.0 Å². The third kappa shape index (κ3) is 2.57. The van der Waals surface area contributed by atoms with Crippen molar-refractivity contribution in [3.05, 3.63) is 41.7 Å². The van der Waals surface area contributed by atoms with Crippen LogP contribution in [-0.2, 0) is 4.79 Å². The average Bonchev–Trinajstić information content (AvgIpc) is 2.30. The van der Waals surface area contributed by atoms with Crippen molar-refractivity contribution in [1.29, 1.82) is 0 Å². The summed E-state index contributed by atoms with van der Waals surface area (Å²) in [5.41, 5.74) is 0.283. The Bertz CT molecular complexity index is 353. The second-order valence-electron chi connectivity index (χ2n) is 2.91. The molecule has 0 spiro atoms. The van der Waals surface area contributed by atoms with Gasteiger partial charge in [-0.1, -0.05) is 12.1 Å². The smallest absolute Gasteiger partial charge is 0.147 e. The molecule has 15 heavy (non-hydrogen) atoms. The fourth-order valence-corrected chi connectivity index (χ4v) is 1.14. The van der Waals surface area contributed by atoms with E-state index in [-0.39, 0.29) is 5.57 Å². The van der Waals surface area contributed by atoms with Gasteiger partial charge in [-0.25, -0.2) is 0 Å². The Kier molecular flexibility index (Phi) is 3.88. The van der Waals surface area contributed by atoms with E-state index in [4.69, 9.17) is 4.74 Å². The van der Waals surface area contributed by atoms with E-state index < -0.39 is 6.10 Å². The Hall–Kier alpha value is -1.81. The first-order valence-electron chi connectivity index (χ1n) is 4.32. The van der Waals surface area contributed by atoms with E-state index >= 15 is 0 Å². The summed E-state index contributed by atoms with van der Waals surface area (Å²) in [6.07, 6.45) is -0.477. The third-order valence-electron chi connectivity index (χ3n) is 2.02. The van der Waals surface area contributed by atoms with Crippen LogP contribution in [0.5, 0.6) is 5.75 Å². The number of aldehydes is 1. The van der Waals surface area contributed by atoms with Crippen LogP contribution < -0.4 is 9.84 Å². The molecule has 1 N–H and O–H groups in total. The number of hydrogen-bond acceptors (Lipinski definition) is 4. The maximum absolute atomic E-state index is 10.4. The van der Waals surface area contributed by atoms with Gasteiger partial charge in [0.05, 0.1) is 7.11 Å². The van der Waals surface area contributed by atoms with Crippen molar-refractivity contribution < 1.29 is 19.7 Å². The van der Waals surface area contributed by atoms with E-state index in [1.54, 1.807) is 24.3 Å². The molecule has 0 aliphatic heterocycles. The molecule has 1 aromatic carbocycles. The first kappa shape index (κ1) is 11.3. The number of hydrogen-bond donors (Lipinski definition) is 1. The minimum absolute atomic E-state index is 0.194. The lowest BCUT2D eigenvalue weighted by Crippen LogP contribution is -2.06. The van der Waals surface area contributed by atoms with Gasteiger partial charge < -0.3 is 14.9 Å². The number of rotatable bonds is 4. The minimum Gasteiger partial charge on any atom is -0.878 e. The summed E-state index contributed by atoms with van der Waals surface area (Å²) in [7, 11) is 1.53. The molecule has 0 aliphatic carbocycles. The highest BCUT2D eigenvalue weighted by atomic mass is 16.5. The average molecular weight is 207 g/mol. The van der Waals surface area contributed by atoms with Crippen LogP contribution in [0.25, 0.3) is 0 Å². The van der Waals surface area contributed by atoms with Gasteiger partial charge >= 0.3 is 0 Å². The number of aliphatic hydroxyl groups excluding tert-OH is 1. The monoisotopic (exact) mass is 207 g/mol. The van der Waals surface area contributed by atoms with Crippen molar-refractivity contribution in [2.75, 3.05) is 7.11 Å².